The molecule has 0 saturated carbocycles. The van der Waals surface area contributed by atoms with Crippen molar-refractivity contribution in [3.63, 3.8) is 0 Å². The van der Waals surface area contributed by atoms with Gasteiger partial charge in [-0.1, -0.05) is 53.1 Å². The Morgan fingerprint density at radius 2 is 1.46 bits per heavy atom. The zero-order chi connectivity index (χ0) is 23.2. The van der Waals surface area contributed by atoms with E-state index in [4.69, 9.17) is 4.42 Å². The van der Waals surface area contributed by atoms with E-state index in [1.54, 1.807) is 12.5 Å². The van der Waals surface area contributed by atoms with Gasteiger partial charge in [0.15, 0.2) is 0 Å². The van der Waals surface area contributed by atoms with Crippen LogP contribution in [0.4, 0.5) is 0 Å². The van der Waals surface area contributed by atoms with Gasteiger partial charge < -0.3 is 14.4 Å². The van der Waals surface area contributed by atoms with Crippen molar-refractivity contribution < 1.29 is 24.5 Å². The summed E-state index contributed by atoms with van der Waals surface area (Å²) in [7, 11) is 0. The number of benzene rings is 3. The van der Waals surface area contributed by atoms with E-state index in [0.29, 0.717) is 0 Å². The molecule has 0 unspecified atom stereocenters. The smallest absolute Gasteiger partial charge is 0.128 e. The van der Waals surface area contributed by atoms with Crippen molar-refractivity contribution in [2.24, 2.45) is 0 Å². The molecule has 6 aromatic rings. The number of hydrogen-bond donors (Lipinski definition) is 0. The van der Waals surface area contributed by atoms with Gasteiger partial charge in [0.25, 0.3) is 0 Å². The minimum absolute atomic E-state index is 0. The first kappa shape index (κ1) is 24.3. The van der Waals surface area contributed by atoms with Gasteiger partial charge in [0.1, 0.15) is 5.58 Å². The van der Waals surface area contributed by atoms with Gasteiger partial charge in [-0.2, -0.15) is 0 Å². The molecular formula is C31H22IrN2O-2. The number of aryl methyl sites for hydroxylation is 1. The standard InChI is InChI=1S/C19H12NO.C12H10N.Ir/c1-2-4-14(5-3-1)15-6-8-16(9-7-15)19-17-11-13-21-18(17)10-12-20-19;1-10-6-5-9-13-12(10)11-7-3-2-4-8-11;/h1-8,10-13H;2-7,9H,1H3;/q2*-1;. The molecular weight excluding hydrogens is 609 g/mol. The van der Waals surface area contributed by atoms with Crippen LogP contribution in [-0.2, 0) is 20.1 Å². The molecule has 0 atom stereocenters. The van der Waals surface area contributed by atoms with E-state index >= 15 is 0 Å². The molecule has 0 saturated heterocycles. The molecule has 0 spiro atoms. The summed E-state index contributed by atoms with van der Waals surface area (Å²) in [5.74, 6) is 0. The average molecular weight is 631 g/mol. The van der Waals surface area contributed by atoms with Crippen LogP contribution in [0, 0.1) is 19.1 Å². The van der Waals surface area contributed by atoms with E-state index in [-0.39, 0.29) is 20.1 Å². The predicted octanol–water partition coefficient (Wildman–Crippen LogP) is 7.82. The molecule has 3 aromatic carbocycles. The largest absolute Gasteiger partial charge is 0.465 e. The van der Waals surface area contributed by atoms with Crippen molar-refractivity contribution in [1.29, 1.82) is 0 Å². The van der Waals surface area contributed by atoms with Crippen LogP contribution < -0.4 is 0 Å². The topological polar surface area (TPSA) is 38.9 Å². The summed E-state index contributed by atoms with van der Waals surface area (Å²) in [4.78, 5) is 8.78. The number of pyridine rings is 2. The van der Waals surface area contributed by atoms with Gasteiger partial charge in [-0.15, -0.1) is 65.7 Å². The van der Waals surface area contributed by atoms with Crippen molar-refractivity contribution >= 4 is 11.0 Å². The monoisotopic (exact) mass is 631 g/mol. The molecule has 1 radical (unpaired) electrons. The minimum atomic E-state index is 0. The van der Waals surface area contributed by atoms with Crippen LogP contribution in [-0.4, -0.2) is 9.97 Å². The van der Waals surface area contributed by atoms with E-state index < -0.39 is 0 Å². The van der Waals surface area contributed by atoms with Gasteiger partial charge in [0.05, 0.1) is 6.26 Å². The van der Waals surface area contributed by atoms with Gasteiger partial charge in [0.2, 0.25) is 0 Å². The second-order valence-corrected chi connectivity index (χ2v) is 7.79. The Hall–Kier alpha value is -3.85. The molecule has 0 fully saturated rings. The fraction of sp³-hybridized carbons (Fsp3) is 0.0323. The van der Waals surface area contributed by atoms with E-state index in [1.807, 2.05) is 72.9 Å². The molecule has 3 nitrogen and oxygen atoms in total. The van der Waals surface area contributed by atoms with Gasteiger partial charge >= 0.3 is 0 Å². The van der Waals surface area contributed by atoms with Crippen molar-refractivity contribution in [3.05, 3.63) is 133 Å². The first-order valence-electron chi connectivity index (χ1n) is 11.1. The zero-order valence-corrected chi connectivity index (χ0v) is 21.5. The number of rotatable bonds is 3. The van der Waals surface area contributed by atoms with Crippen LogP contribution >= 0.6 is 0 Å². The summed E-state index contributed by atoms with van der Waals surface area (Å²) in [6.07, 6.45) is 5.26. The molecule has 4 heteroatoms. The SMILES string of the molecule is Cc1cccnc1-c1[c-]cccc1.[Ir].[c-]1cc(-c2ccccc2)ccc1-c1nccc2occc12. The predicted molar refractivity (Wildman–Crippen MR) is 137 cm³/mol. The molecule has 0 amide bonds. The molecule has 0 aliphatic rings. The van der Waals surface area contributed by atoms with Crippen LogP contribution in [0.15, 0.2) is 120 Å². The number of nitrogens with zero attached hydrogens (tertiary/aromatic N) is 2. The molecule has 0 aliphatic carbocycles. The van der Waals surface area contributed by atoms with Crippen LogP contribution in [0.2, 0.25) is 0 Å². The molecule has 173 valence electrons. The van der Waals surface area contributed by atoms with Crippen LogP contribution in [0.1, 0.15) is 5.56 Å². The quantitative estimate of drug-likeness (QED) is 0.187. The Balaban J connectivity index is 0.000000179. The molecule has 35 heavy (non-hydrogen) atoms. The van der Waals surface area contributed by atoms with Gasteiger partial charge in [0, 0.05) is 37.9 Å². The Kier molecular flexibility index (Phi) is 7.99. The van der Waals surface area contributed by atoms with Crippen LogP contribution in [0.5, 0.6) is 0 Å². The van der Waals surface area contributed by atoms with E-state index in [9.17, 15) is 0 Å². The van der Waals surface area contributed by atoms with E-state index in [1.165, 1.54) is 11.1 Å². The second-order valence-electron chi connectivity index (χ2n) is 7.79. The van der Waals surface area contributed by atoms with Crippen molar-refractivity contribution in [2.45, 2.75) is 6.92 Å². The Morgan fingerprint density at radius 1 is 0.657 bits per heavy atom. The third-order valence-electron chi connectivity index (χ3n) is 5.53. The summed E-state index contributed by atoms with van der Waals surface area (Å²) in [5, 5.41) is 1.02. The fourth-order valence-electron chi connectivity index (χ4n) is 3.80. The first-order valence-corrected chi connectivity index (χ1v) is 11.1. The number of furan rings is 1. The Bertz CT molecular complexity index is 1490. The Morgan fingerprint density at radius 3 is 2.20 bits per heavy atom. The average Bonchev–Trinajstić information content (AvgIpc) is 3.40. The van der Waals surface area contributed by atoms with Gasteiger partial charge in [-0.05, 0) is 36.5 Å². The van der Waals surface area contributed by atoms with Crippen LogP contribution in [0.25, 0.3) is 44.6 Å². The Labute approximate surface area is 218 Å². The van der Waals surface area contributed by atoms with Gasteiger partial charge in [-0.25, -0.2) is 0 Å². The molecule has 3 heterocycles. The molecule has 0 aliphatic heterocycles. The molecule has 0 bridgehead atoms. The maximum atomic E-state index is 5.42. The number of fused-ring (bicyclic) bond motifs is 1. The summed E-state index contributed by atoms with van der Waals surface area (Å²) in [6.45, 7) is 2.06. The fourth-order valence-corrected chi connectivity index (χ4v) is 3.80. The second kappa shape index (κ2) is 11.5. The zero-order valence-electron chi connectivity index (χ0n) is 19.1. The van der Waals surface area contributed by atoms with E-state index in [0.717, 1.165) is 39.0 Å². The number of aromatic nitrogens is 2. The summed E-state index contributed by atoms with van der Waals surface area (Å²) in [5.41, 5.74) is 8.32. The summed E-state index contributed by atoms with van der Waals surface area (Å²) in [6, 6.07) is 38.6. The van der Waals surface area contributed by atoms with Gasteiger partial charge in [-0.3, -0.25) is 0 Å². The summed E-state index contributed by atoms with van der Waals surface area (Å²) >= 11 is 0. The minimum Gasteiger partial charge on any atom is -0.465 e. The summed E-state index contributed by atoms with van der Waals surface area (Å²) < 4.78 is 5.42. The van der Waals surface area contributed by atoms with Crippen LogP contribution in [0.3, 0.4) is 0 Å². The van der Waals surface area contributed by atoms with Crippen molar-refractivity contribution in [2.75, 3.05) is 0 Å². The maximum absolute atomic E-state index is 5.42. The maximum Gasteiger partial charge on any atom is 0.128 e. The molecule has 0 N–H and O–H groups in total. The van der Waals surface area contributed by atoms with Crippen molar-refractivity contribution in [1.82, 2.24) is 9.97 Å². The first-order chi connectivity index (χ1) is 16.8. The normalized spacial score (nSPS) is 10.2. The molecule has 6 rings (SSSR count). The third-order valence-corrected chi connectivity index (χ3v) is 5.53. The van der Waals surface area contributed by atoms with E-state index in [2.05, 4.69) is 59.4 Å². The number of hydrogen-bond acceptors (Lipinski definition) is 3. The molecule has 3 aromatic heterocycles. The van der Waals surface area contributed by atoms with Crippen molar-refractivity contribution in [3.8, 4) is 33.6 Å². The third kappa shape index (κ3) is 5.63.